The summed E-state index contributed by atoms with van der Waals surface area (Å²) in [6.45, 7) is 2.22. The van der Waals surface area contributed by atoms with Crippen molar-refractivity contribution in [2.45, 2.75) is 114 Å². The standard InChI is InChI=1S/C35H51N9O14S/c1-17(45)28(43-33(54)24-16-59-13-5-3-4-6-26(48)38-23(15-25(36)47)32(53)41-24)34(55)39-21(11-12-27(49)50)31(52)42-29(18(2)46)35(56)40-22(30(37)51)14-19-7-9-20(10-8-19)44(57)58/h7-10,17-18,21-24,28-29,45-46H,3-6,11-16H2,1-2H3,(H2,36,47)(H2,37,51)(H,38,48)(H,39,55)(H,40,56)(H,41,53)(H,42,52)(H,43,54)(H,49,50)/t17-,18-,21+,22+,23?,24?,28+,29+/m1/s1. The van der Waals surface area contributed by atoms with Crippen molar-refractivity contribution in [1.82, 2.24) is 31.9 Å². The van der Waals surface area contributed by atoms with Crippen LogP contribution in [0.5, 0.6) is 0 Å². The predicted octanol–water partition coefficient (Wildman–Crippen LogP) is -3.66. The number of thioether (sulfide) groups is 1. The van der Waals surface area contributed by atoms with Crippen LogP contribution in [0.2, 0.25) is 0 Å². The van der Waals surface area contributed by atoms with Crippen molar-refractivity contribution in [1.29, 1.82) is 0 Å². The molecule has 8 amide bonds. The van der Waals surface area contributed by atoms with Gasteiger partial charge in [-0.1, -0.05) is 18.6 Å². The first-order valence-corrected chi connectivity index (χ1v) is 19.6. The fourth-order valence-corrected chi connectivity index (χ4v) is 6.64. The van der Waals surface area contributed by atoms with E-state index in [4.69, 9.17) is 11.5 Å². The Morgan fingerprint density at radius 1 is 0.864 bits per heavy atom. The number of hydrogen-bond donors (Lipinski definition) is 11. The first-order valence-electron chi connectivity index (χ1n) is 18.5. The number of aliphatic hydroxyl groups excluding tert-OH is 2. The van der Waals surface area contributed by atoms with Crippen LogP contribution in [0.3, 0.4) is 0 Å². The van der Waals surface area contributed by atoms with Crippen LogP contribution in [0.15, 0.2) is 24.3 Å². The van der Waals surface area contributed by atoms with Crippen molar-refractivity contribution in [3.8, 4) is 0 Å². The highest BCUT2D eigenvalue weighted by Gasteiger charge is 2.36. The number of benzene rings is 1. The van der Waals surface area contributed by atoms with E-state index in [1.165, 1.54) is 23.9 Å². The molecule has 1 saturated heterocycles. The van der Waals surface area contributed by atoms with E-state index in [1.54, 1.807) is 0 Å². The lowest BCUT2D eigenvalue weighted by atomic mass is 10.0. The summed E-state index contributed by atoms with van der Waals surface area (Å²) in [5.41, 5.74) is 10.8. The molecule has 326 valence electrons. The quantitative estimate of drug-likeness (QED) is 0.0472. The van der Waals surface area contributed by atoms with Gasteiger partial charge in [0.2, 0.25) is 47.3 Å². The lowest BCUT2D eigenvalue weighted by Crippen LogP contribution is -2.62. The van der Waals surface area contributed by atoms with E-state index in [1.807, 2.05) is 0 Å². The number of nitrogens with zero attached hydrogens (tertiary/aromatic N) is 1. The van der Waals surface area contributed by atoms with E-state index in [9.17, 15) is 68.6 Å². The average molecular weight is 854 g/mol. The van der Waals surface area contributed by atoms with Gasteiger partial charge in [0.15, 0.2) is 0 Å². The summed E-state index contributed by atoms with van der Waals surface area (Å²) in [6.07, 6.45) is -3.51. The second-order valence-corrected chi connectivity index (χ2v) is 14.9. The number of nitrogens with one attached hydrogen (secondary N) is 6. The van der Waals surface area contributed by atoms with Gasteiger partial charge in [-0.05, 0) is 44.4 Å². The van der Waals surface area contributed by atoms with Crippen LogP contribution >= 0.6 is 11.8 Å². The highest BCUT2D eigenvalue weighted by Crippen LogP contribution is 2.15. The minimum atomic E-state index is -1.82. The SMILES string of the molecule is C[C@@H](O)[C@H](NC(=O)C1CSCCCCCC(=O)NC(CC(N)=O)C(=O)N1)C(=O)N[C@@H](CCC(=O)O)C(=O)N[C@H](C(=O)N[C@@H](Cc1ccc([N+](=O)[O-])cc1)C(N)=O)[C@@H](C)O. The third kappa shape index (κ3) is 17.3. The molecule has 13 N–H and O–H groups in total. The molecule has 1 heterocycles. The Kier molecular flexibility index (Phi) is 20.2. The first kappa shape index (κ1) is 49.3. The minimum absolute atomic E-state index is 0.0418. The number of carboxylic acids is 1. The van der Waals surface area contributed by atoms with Crippen LogP contribution in [0.1, 0.15) is 64.4 Å². The topological polar surface area (TPSA) is 382 Å². The number of aliphatic carboxylic acids is 1. The summed E-state index contributed by atoms with van der Waals surface area (Å²) in [5.74, 6) is -8.79. The van der Waals surface area contributed by atoms with Crippen LogP contribution < -0.4 is 43.4 Å². The lowest BCUT2D eigenvalue weighted by molar-refractivity contribution is -0.384. The van der Waals surface area contributed by atoms with Crippen LogP contribution in [0.25, 0.3) is 0 Å². The third-order valence-electron chi connectivity index (χ3n) is 8.82. The fourth-order valence-electron chi connectivity index (χ4n) is 5.59. The molecule has 23 nitrogen and oxygen atoms in total. The van der Waals surface area contributed by atoms with Gasteiger partial charge in [0.1, 0.15) is 36.3 Å². The van der Waals surface area contributed by atoms with E-state index in [0.717, 1.165) is 26.0 Å². The zero-order chi connectivity index (χ0) is 44.4. The Morgan fingerprint density at radius 3 is 2.00 bits per heavy atom. The van der Waals surface area contributed by atoms with Crippen molar-refractivity contribution in [2.24, 2.45) is 11.5 Å². The Balaban J connectivity index is 2.27. The van der Waals surface area contributed by atoms with Gasteiger partial charge in [0, 0.05) is 37.1 Å². The maximum atomic E-state index is 13.6. The number of carbonyl (C=O) groups is 9. The largest absolute Gasteiger partial charge is 0.481 e. The molecule has 2 unspecified atom stereocenters. The van der Waals surface area contributed by atoms with E-state index >= 15 is 0 Å². The van der Waals surface area contributed by atoms with Gasteiger partial charge in [-0.25, -0.2) is 0 Å². The molecule has 0 aromatic heterocycles. The third-order valence-corrected chi connectivity index (χ3v) is 9.97. The summed E-state index contributed by atoms with van der Waals surface area (Å²) in [5, 5.41) is 55.2. The Labute approximate surface area is 342 Å². The molecule has 1 aliphatic heterocycles. The number of nitrogens with two attached hydrogens (primary N) is 2. The van der Waals surface area contributed by atoms with E-state index < -0.39 is 126 Å². The first-order chi connectivity index (χ1) is 27.7. The number of carboxylic acid groups (broad SMARTS) is 1. The molecule has 24 heteroatoms. The summed E-state index contributed by atoms with van der Waals surface area (Å²) in [7, 11) is 0. The van der Waals surface area contributed by atoms with Gasteiger partial charge in [-0.3, -0.25) is 53.3 Å². The molecule has 1 aromatic rings. The number of amides is 8. The molecule has 0 radical (unpaired) electrons. The van der Waals surface area contributed by atoms with Crippen LogP contribution in [-0.2, 0) is 49.6 Å². The molecular weight excluding hydrogens is 803 g/mol. The normalized spacial score (nSPS) is 19.4. The number of hydrogen-bond acceptors (Lipinski definition) is 14. The van der Waals surface area contributed by atoms with Crippen LogP contribution in [0.4, 0.5) is 5.69 Å². The zero-order valence-corrected chi connectivity index (χ0v) is 33.2. The zero-order valence-electron chi connectivity index (χ0n) is 32.3. The molecule has 0 aliphatic carbocycles. The minimum Gasteiger partial charge on any atom is -0.481 e. The van der Waals surface area contributed by atoms with Crippen molar-refractivity contribution < 1.29 is 63.4 Å². The number of carbonyl (C=O) groups excluding carboxylic acids is 8. The molecule has 59 heavy (non-hydrogen) atoms. The highest BCUT2D eigenvalue weighted by molar-refractivity contribution is 7.99. The van der Waals surface area contributed by atoms with Gasteiger partial charge in [0.25, 0.3) is 5.69 Å². The van der Waals surface area contributed by atoms with Crippen molar-refractivity contribution in [2.75, 3.05) is 11.5 Å². The summed E-state index contributed by atoms with van der Waals surface area (Å²) < 4.78 is 0. The number of rotatable bonds is 19. The number of non-ortho nitro benzene ring substituents is 1. The number of aliphatic hydroxyl groups is 2. The van der Waals surface area contributed by atoms with Gasteiger partial charge < -0.3 is 58.7 Å². The molecule has 1 fully saturated rings. The second-order valence-electron chi connectivity index (χ2n) is 13.8. The molecule has 1 aromatic carbocycles. The average Bonchev–Trinajstić information content (AvgIpc) is 3.16. The van der Waals surface area contributed by atoms with Crippen LogP contribution in [-0.4, -0.2) is 133 Å². The molecule has 0 bridgehead atoms. The van der Waals surface area contributed by atoms with Gasteiger partial charge >= 0.3 is 5.97 Å². The van der Waals surface area contributed by atoms with Gasteiger partial charge in [-0.2, -0.15) is 11.8 Å². The van der Waals surface area contributed by atoms with E-state index in [0.29, 0.717) is 30.6 Å². The van der Waals surface area contributed by atoms with Gasteiger partial charge in [-0.15, -0.1) is 0 Å². The molecular formula is C35H51N9O14S. The molecule has 0 saturated carbocycles. The summed E-state index contributed by atoms with van der Waals surface area (Å²) >= 11 is 1.27. The fraction of sp³-hybridized carbons (Fsp3) is 0.571. The summed E-state index contributed by atoms with van der Waals surface area (Å²) in [4.78, 5) is 125. The molecule has 1 aliphatic rings. The summed E-state index contributed by atoms with van der Waals surface area (Å²) in [6, 6.07) is -4.63. The van der Waals surface area contributed by atoms with Crippen molar-refractivity contribution >= 4 is 70.7 Å². The van der Waals surface area contributed by atoms with E-state index in [-0.39, 0.29) is 24.3 Å². The Hall–Kier alpha value is -5.88. The molecule has 0 spiro atoms. The predicted molar refractivity (Wildman–Crippen MR) is 207 cm³/mol. The number of nitro benzene ring substituents is 1. The maximum Gasteiger partial charge on any atom is 0.303 e. The van der Waals surface area contributed by atoms with E-state index in [2.05, 4.69) is 31.9 Å². The highest BCUT2D eigenvalue weighted by atomic mass is 32.2. The monoisotopic (exact) mass is 853 g/mol. The number of primary amides is 2. The van der Waals surface area contributed by atoms with Gasteiger partial charge in [0.05, 0.1) is 23.6 Å². The molecule has 8 atom stereocenters. The number of nitro groups is 1. The Morgan fingerprint density at radius 2 is 1.46 bits per heavy atom. The smallest absolute Gasteiger partial charge is 0.303 e. The molecule has 2 rings (SSSR count). The van der Waals surface area contributed by atoms with Crippen molar-refractivity contribution in [3.63, 3.8) is 0 Å². The Bertz CT molecular complexity index is 1710. The van der Waals surface area contributed by atoms with Crippen molar-refractivity contribution in [3.05, 3.63) is 39.9 Å². The maximum absolute atomic E-state index is 13.6. The second kappa shape index (κ2) is 24.1. The lowest BCUT2D eigenvalue weighted by Gasteiger charge is -2.28. The van der Waals surface area contributed by atoms with Crippen LogP contribution in [0, 0.1) is 10.1 Å².